The highest BCUT2D eigenvalue weighted by Crippen LogP contribution is 2.25. The molecule has 6 nitrogen and oxygen atoms in total. The van der Waals surface area contributed by atoms with Crippen molar-refractivity contribution in [2.45, 2.75) is 64.5 Å². The minimum atomic E-state index is 0.120. The van der Waals surface area contributed by atoms with Crippen molar-refractivity contribution >= 4 is 5.91 Å². The van der Waals surface area contributed by atoms with Crippen molar-refractivity contribution in [1.29, 1.82) is 0 Å². The van der Waals surface area contributed by atoms with Gasteiger partial charge in [0.2, 0.25) is 0 Å². The number of carbonyl (C=O) groups is 1. The number of H-pyrrole nitrogens is 1. The highest BCUT2D eigenvalue weighted by atomic mass is 16.2. The van der Waals surface area contributed by atoms with Crippen LogP contribution in [0, 0.1) is 5.92 Å². The van der Waals surface area contributed by atoms with Gasteiger partial charge >= 0.3 is 0 Å². The second-order valence-electron chi connectivity index (χ2n) is 8.36. The predicted molar refractivity (Wildman–Crippen MR) is 102 cm³/mol. The summed E-state index contributed by atoms with van der Waals surface area (Å²) in [5.74, 6) is 0.886. The first-order chi connectivity index (χ1) is 12.7. The van der Waals surface area contributed by atoms with Crippen LogP contribution in [0.4, 0.5) is 0 Å². The van der Waals surface area contributed by atoms with E-state index in [1.807, 2.05) is 4.90 Å². The Labute approximate surface area is 156 Å². The van der Waals surface area contributed by atoms with Gasteiger partial charge in [0.15, 0.2) is 5.69 Å². The normalized spacial score (nSPS) is 25.3. The number of hydrogen-bond acceptors (Lipinski definition) is 4. The summed E-state index contributed by atoms with van der Waals surface area (Å²) in [7, 11) is 0. The van der Waals surface area contributed by atoms with Gasteiger partial charge in [-0.1, -0.05) is 6.42 Å². The van der Waals surface area contributed by atoms with Crippen molar-refractivity contribution in [2.24, 2.45) is 5.92 Å². The lowest BCUT2D eigenvalue weighted by molar-refractivity contribution is 0.0666. The van der Waals surface area contributed by atoms with E-state index in [0.717, 1.165) is 68.7 Å². The number of fused-ring (bicyclic) bond motifs is 1. The zero-order chi connectivity index (χ0) is 17.9. The van der Waals surface area contributed by atoms with E-state index in [-0.39, 0.29) is 5.91 Å². The molecule has 2 fully saturated rings. The minimum absolute atomic E-state index is 0.120. The fourth-order valence-corrected chi connectivity index (χ4v) is 4.81. The van der Waals surface area contributed by atoms with Gasteiger partial charge in [-0.25, -0.2) is 0 Å². The molecule has 2 saturated heterocycles. The van der Waals surface area contributed by atoms with Gasteiger partial charge in [0.1, 0.15) is 0 Å². The van der Waals surface area contributed by atoms with Crippen LogP contribution in [0.5, 0.6) is 0 Å². The minimum Gasteiger partial charge on any atom is -0.337 e. The summed E-state index contributed by atoms with van der Waals surface area (Å²) in [4.78, 5) is 17.6. The van der Waals surface area contributed by atoms with Crippen LogP contribution in [0.2, 0.25) is 0 Å². The summed E-state index contributed by atoms with van der Waals surface area (Å²) in [6.07, 6.45) is 8.61. The summed E-state index contributed by atoms with van der Waals surface area (Å²) in [5.41, 5.74) is 2.87. The van der Waals surface area contributed by atoms with E-state index >= 15 is 0 Å². The van der Waals surface area contributed by atoms with Gasteiger partial charge in [-0.2, -0.15) is 5.10 Å². The van der Waals surface area contributed by atoms with Crippen LogP contribution < -0.4 is 5.32 Å². The molecule has 144 valence electrons. The standard InChI is InChI=1S/C20H33N5O/c1-15-4-2-3-10-24(15)11-6-16-7-12-25(13-8-16)20(26)19-17-14-21-9-5-18(17)22-23-19/h15-16,21H,2-14H2,1H3,(H,22,23). The number of carbonyl (C=O) groups excluding carboxylic acids is 1. The Hall–Kier alpha value is -1.40. The van der Waals surface area contributed by atoms with Gasteiger partial charge in [-0.05, 0) is 58.0 Å². The molecule has 3 aliphatic heterocycles. The molecule has 4 heterocycles. The third-order valence-corrected chi connectivity index (χ3v) is 6.68. The van der Waals surface area contributed by atoms with E-state index in [4.69, 9.17) is 0 Å². The lowest BCUT2D eigenvalue weighted by Gasteiger charge is -2.36. The first-order valence-electron chi connectivity index (χ1n) is 10.5. The van der Waals surface area contributed by atoms with Gasteiger partial charge in [-0.3, -0.25) is 9.89 Å². The Morgan fingerprint density at radius 2 is 2.04 bits per heavy atom. The number of hydrogen-bond donors (Lipinski definition) is 2. The largest absolute Gasteiger partial charge is 0.337 e. The van der Waals surface area contributed by atoms with Crippen molar-refractivity contribution in [3.63, 3.8) is 0 Å². The van der Waals surface area contributed by atoms with Gasteiger partial charge in [-0.15, -0.1) is 0 Å². The van der Waals surface area contributed by atoms with E-state index in [9.17, 15) is 4.79 Å². The molecule has 0 aliphatic carbocycles. The monoisotopic (exact) mass is 359 g/mol. The van der Waals surface area contributed by atoms with Crippen LogP contribution in [0.15, 0.2) is 0 Å². The molecular weight excluding hydrogens is 326 g/mol. The maximum absolute atomic E-state index is 12.9. The van der Waals surface area contributed by atoms with Gasteiger partial charge in [0, 0.05) is 49.9 Å². The quantitative estimate of drug-likeness (QED) is 0.865. The van der Waals surface area contributed by atoms with Gasteiger partial charge < -0.3 is 15.1 Å². The summed E-state index contributed by atoms with van der Waals surface area (Å²) in [6.45, 7) is 8.37. The predicted octanol–water partition coefficient (Wildman–Crippen LogP) is 2.17. The Morgan fingerprint density at radius 1 is 1.19 bits per heavy atom. The Balaban J connectivity index is 1.27. The lowest BCUT2D eigenvalue weighted by atomic mass is 9.92. The zero-order valence-corrected chi connectivity index (χ0v) is 16.1. The molecule has 3 aliphatic rings. The third-order valence-electron chi connectivity index (χ3n) is 6.68. The maximum Gasteiger partial charge on any atom is 0.274 e. The van der Waals surface area contributed by atoms with Crippen LogP contribution in [-0.4, -0.2) is 64.7 Å². The highest BCUT2D eigenvalue weighted by Gasteiger charge is 2.29. The van der Waals surface area contributed by atoms with Crippen LogP contribution in [0.3, 0.4) is 0 Å². The number of aromatic amines is 1. The molecule has 0 bridgehead atoms. The molecule has 2 N–H and O–H groups in total. The summed E-state index contributed by atoms with van der Waals surface area (Å²) in [5, 5.41) is 10.8. The molecule has 1 amide bonds. The fraction of sp³-hybridized carbons (Fsp3) is 0.800. The molecule has 26 heavy (non-hydrogen) atoms. The average Bonchev–Trinajstić information content (AvgIpc) is 3.11. The smallest absolute Gasteiger partial charge is 0.274 e. The van der Waals surface area contributed by atoms with Gasteiger partial charge in [0.25, 0.3) is 5.91 Å². The molecule has 1 aromatic rings. The molecule has 0 aromatic carbocycles. The number of rotatable bonds is 4. The van der Waals surface area contributed by atoms with E-state index in [2.05, 4.69) is 27.3 Å². The summed E-state index contributed by atoms with van der Waals surface area (Å²) >= 11 is 0. The fourth-order valence-electron chi connectivity index (χ4n) is 4.81. The molecule has 4 rings (SSSR count). The number of piperidine rings is 2. The van der Waals surface area contributed by atoms with E-state index in [1.165, 1.54) is 38.8 Å². The molecule has 1 aromatic heterocycles. The van der Waals surface area contributed by atoms with Crippen LogP contribution in [0.25, 0.3) is 0 Å². The first kappa shape index (κ1) is 18.0. The summed E-state index contributed by atoms with van der Waals surface area (Å²) < 4.78 is 0. The van der Waals surface area contributed by atoms with Gasteiger partial charge in [0.05, 0.1) is 0 Å². The Morgan fingerprint density at radius 3 is 2.85 bits per heavy atom. The Bertz CT molecular complexity index is 620. The van der Waals surface area contributed by atoms with Crippen LogP contribution >= 0.6 is 0 Å². The van der Waals surface area contributed by atoms with Crippen LogP contribution in [-0.2, 0) is 13.0 Å². The second kappa shape index (κ2) is 8.09. The number of nitrogens with one attached hydrogen (secondary N) is 2. The van der Waals surface area contributed by atoms with Crippen molar-refractivity contribution in [2.75, 3.05) is 32.7 Å². The Kier molecular flexibility index (Phi) is 5.60. The highest BCUT2D eigenvalue weighted by molar-refractivity contribution is 5.94. The molecule has 1 unspecified atom stereocenters. The third kappa shape index (κ3) is 3.81. The lowest BCUT2D eigenvalue weighted by Crippen LogP contribution is -2.41. The molecule has 1 atom stereocenters. The van der Waals surface area contributed by atoms with E-state index < -0.39 is 0 Å². The zero-order valence-electron chi connectivity index (χ0n) is 16.1. The number of nitrogens with zero attached hydrogens (tertiary/aromatic N) is 3. The van der Waals surface area contributed by atoms with E-state index in [1.54, 1.807) is 0 Å². The van der Waals surface area contributed by atoms with Crippen molar-refractivity contribution in [3.8, 4) is 0 Å². The first-order valence-corrected chi connectivity index (χ1v) is 10.5. The topological polar surface area (TPSA) is 64.3 Å². The van der Waals surface area contributed by atoms with Crippen molar-refractivity contribution < 1.29 is 4.79 Å². The number of likely N-dealkylation sites (tertiary alicyclic amines) is 2. The molecule has 0 spiro atoms. The SMILES string of the molecule is CC1CCCCN1CCC1CCN(C(=O)c2n[nH]c3c2CNCC3)CC1. The van der Waals surface area contributed by atoms with Crippen molar-refractivity contribution in [1.82, 2.24) is 25.3 Å². The second-order valence-corrected chi connectivity index (χ2v) is 8.36. The molecule has 0 radical (unpaired) electrons. The summed E-state index contributed by atoms with van der Waals surface area (Å²) in [6, 6.07) is 0.755. The molecule has 0 saturated carbocycles. The van der Waals surface area contributed by atoms with Crippen LogP contribution in [0.1, 0.15) is 67.2 Å². The number of aromatic nitrogens is 2. The molecular formula is C20H33N5O. The average molecular weight is 360 g/mol. The molecule has 6 heteroatoms. The number of amides is 1. The maximum atomic E-state index is 12.9. The van der Waals surface area contributed by atoms with E-state index in [0.29, 0.717) is 5.69 Å². The van der Waals surface area contributed by atoms with Crippen molar-refractivity contribution in [3.05, 3.63) is 17.0 Å².